The van der Waals surface area contributed by atoms with E-state index in [0.29, 0.717) is 12.6 Å². The van der Waals surface area contributed by atoms with E-state index in [2.05, 4.69) is 42.4 Å². The number of hydrogen-bond acceptors (Lipinski definition) is 4. The summed E-state index contributed by atoms with van der Waals surface area (Å²) in [5.74, 6) is 0.421. The van der Waals surface area contributed by atoms with Crippen molar-refractivity contribution in [1.82, 2.24) is 15.1 Å². The number of amides is 3. The highest BCUT2D eigenvalue weighted by atomic mass is 32.1. The zero-order chi connectivity index (χ0) is 17.8. The highest BCUT2D eigenvalue weighted by molar-refractivity contribution is 7.10. The highest BCUT2D eigenvalue weighted by Gasteiger charge is 2.56. The molecule has 0 aromatic carbocycles. The summed E-state index contributed by atoms with van der Waals surface area (Å²) in [4.78, 5) is 30.9. The first-order valence-corrected chi connectivity index (χ1v) is 10.1. The molecule has 2 aliphatic heterocycles. The maximum atomic E-state index is 13.2. The van der Waals surface area contributed by atoms with E-state index < -0.39 is 5.54 Å². The number of thiophene rings is 1. The van der Waals surface area contributed by atoms with E-state index in [0.717, 1.165) is 38.8 Å². The molecule has 5 nitrogen and oxygen atoms in total. The maximum Gasteiger partial charge on any atom is 0.326 e. The van der Waals surface area contributed by atoms with Gasteiger partial charge in [0.25, 0.3) is 5.91 Å². The van der Waals surface area contributed by atoms with Crippen LogP contribution >= 0.6 is 11.3 Å². The monoisotopic (exact) mass is 361 g/mol. The highest BCUT2D eigenvalue weighted by Crippen LogP contribution is 2.46. The van der Waals surface area contributed by atoms with Crippen LogP contribution in [-0.2, 0) is 17.8 Å². The third kappa shape index (κ3) is 2.99. The van der Waals surface area contributed by atoms with Gasteiger partial charge in [0, 0.05) is 18.0 Å². The van der Waals surface area contributed by atoms with Crippen molar-refractivity contribution in [2.75, 3.05) is 13.2 Å². The molecule has 1 aromatic rings. The molecule has 1 aromatic heterocycles. The second-order valence-electron chi connectivity index (χ2n) is 8.91. The number of rotatable bonds is 2. The van der Waals surface area contributed by atoms with Gasteiger partial charge in [-0.25, -0.2) is 9.69 Å². The van der Waals surface area contributed by atoms with Crippen LogP contribution in [0.15, 0.2) is 11.4 Å². The molecule has 2 unspecified atom stereocenters. The number of urea groups is 1. The van der Waals surface area contributed by atoms with Gasteiger partial charge in [0.05, 0.1) is 6.67 Å². The van der Waals surface area contributed by atoms with Crippen molar-refractivity contribution in [3.63, 3.8) is 0 Å². The number of fused-ring (bicyclic) bond motifs is 1. The van der Waals surface area contributed by atoms with Gasteiger partial charge in [-0.2, -0.15) is 0 Å². The molecule has 1 aliphatic carbocycles. The van der Waals surface area contributed by atoms with Gasteiger partial charge in [0.1, 0.15) is 5.54 Å². The van der Waals surface area contributed by atoms with Crippen molar-refractivity contribution >= 4 is 23.3 Å². The van der Waals surface area contributed by atoms with Gasteiger partial charge in [-0.3, -0.25) is 9.69 Å². The Balaban J connectivity index is 1.50. The molecule has 0 bridgehead atoms. The van der Waals surface area contributed by atoms with Crippen LogP contribution in [0.3, 0.4) is 0 Å². The lowest BCUT2D eigenvalue weighted by Gasteiger charge is -2.44. The first-order valence-electron chi connectivity index (χ1n) is 9.20. The number of imide groups is 1. The molecule has 25 heavy (non-hydrogen) atoms. The molecular formula is C19H27N3O2S. The van der Waals surface area contributed by atoms with E-state index >= 15 is 0 Å². The van der Waals surface area contributed by atoms with Crippen LogP contribution in [0.5, 0.6) is 0 Å². The summed E-state index contributed by atoms with van der Waals surface area (Å²) in [7, 11) is 0. The van der Waals surface area contributed by atoms with E-state index in [9.17, 15) is 9.59 Å². The molecule has 3 aliphatic rings. The molecule has 1 saturated heterocycles. The van der Waals surface area contributed by atoms with Crippen molar-refractivity contribution in [3.8, 4) is 0 Å². The molecule has 2 atom stereocenters. The fourth-order valence-corrected chi connectivity index (χ4v) is 6.15. The molecule has 3 amide bonds. The number of nitrogens with one attached hydrogen (secondary N) is 1. The van der Waals surface area contributed by atoms with Crippen LogP contribution in [0.4, 0.5) is 4.79 Å². The summed E-state index contributed by atoms with van der Waals surface area (Å²) >= 11 is 1.80. The van der Waals surface area contributed by atoms with E-state index in [4.69, 9.17) is 0 Å². The second kappa shape index (κ2) is 5.81. The minimum Gasteiger partial charge on any atom is -0.323 e. The average molecular weight is 362 g/mol. The standard InChI is InChI=1S/C19H27N3O2S/c1-13-8-18(2,3)11-19(9-13)16(23)22(17(24)20-19)12-21-6-4-15-14(10-21)5-7-25-15/h5,7,13H,4,6,8-12H2,1-3H3,(H,20,24). The molecule has 6 heteroatoms. The molecule has 1 N–H and O–H groups in total. The van der Waals surface area contributed by atoms with Crippen LogP contribution in [0, 0.1) is 11.3 Å². The normalized spacial score (nSPS) is 32.1. The quantitative estimate of drug-likeness (QED) is 0.823. The first-order chi connectivity index (χ1) is 11.8. The lowest BCUT2D eigenvalue weighted by molar-refractivity contribution is -0.136. The van der Waals surface area contributed by atoms with Gasteiger partial charge in [0.15, 0.2) is 0 Å². The molecular weight excluding hydrogens is 334 g/mol. The smallest absolute Gasteiger partial charge is 0.323 e. The maximum absolute atomic E-state index is 13.2. The van der Waals surface area contributed by atoms with E-state index in [1.165, 1.54) is 15.3 Å². The Bertz CT molecular complexity index is 713. The predicted octanol–water partition coefficient (Wildman–Crippen LogP) is 3.20. The summed E-state index contributed by atoms with van der Waals surface area (Å²) < 4.78 is 0. The van der Waals surface area contributed by atoms with Crippen LogP contribution in [0.2, 0.25) is 0 Å². The molecule has 3 heterocycles. The molecule has 4 rings (SSSR count). The summed E-state index contributed by atoms with van der Waals surface area (Å²) in [6, 6.07) is 1.94. The average Bonchev–Trinajstić information content (AvgIpc) is 3.04. The summed E-state index contributed by atoms with van der Waals surface area (Å²) in [6.07, 6.45) is 3.60. The van der Waals surface area contributed by atoms with Gasteiger partial charge < -0.3 is 5.32 Å². The minimum absolute atomic E-state index is 0.0201. The fraction of sp³-hybridized carbons (Fsp3) is 0.684. The van der Waals surface area contributed by atoms with Crippen molar-refractivity contribution in [2.24, 2.45) is 11.3 Å². The van der Waals surface area contributed by atoms with E-state index in [1.54, 1.807) is 11.3 Å². The third-order valence-corrected chi connectivity index (χ3v) is 6.88. The van der Waals surface area contributed by atoms with E-state index in [-0.39, 0.29) is 17.4 Å². The largest absolute Gasteiger partial charge is 0.326 e. The van der Waals surface area contributed by atoms with Gasteiger partial charge in [0.2, 0.25) is 0 Å². The van der Waals surface area contributed by atoms with Crippen molar-refractivity contribution in [3.05, 3.63) is 21.9 Å². The van der Waals surface area contributed by atoms with Gasteiger partial charge in [-0.05, 0) is 54.0 Å². The topological polar surface area (TPSA) is 52.7 Å². The molecule has 0 radical (unpaired) electrons. The van der Waals surface area contributed by atoms with Crippen LogP contribution in [-0.4, -0.2) is 40.5 Å². The molecule has 136 valence electrons. The lowest BCUT2D eigenvalue weighted by Crippen LogP contribution is -2.54. The summed E-state index contributed by atoms with van der Waals surface area (Å²) in [5, 5.41) is 5.20. The zero-order valence-electron chi connectivity index (χ0n) is 15.3. The molecule has 1 saturated carbocycles. The fourth-order valence-electron chi connectivity index (χ4n) is 5.26. The Morgan fingerprint density at radius 1 is 1.32 bits per heavy atom. The minimum atomic E-state index is -0.693. The van der Waals surface area contributed by atoms with Crippen molar-refractivity contribution < 1.29 is 9.59 Å². The number of hydrogen-bond donors (Lipinski definition) is 1. The van der Waals surface area contributed by atoms with Gasteiger partial charge >= 0.3 is 6.03 Å². The lowest BCUT2D eigenvalue weighted by atomic mass is 9.64. The number of nitrogens with zero attached hydrogens (tertiary/aromatic N) is 2. The summed E-state index contributed by atoms with van der Waals surface area (Å²) in [6.45, 7) is 8.72. The van der Waals surface area contributed by atoms with Gasteiger partial charge in [-0.1, -0.05) is 20.8 Å². The molecule has 2 fully saturated rings. The third-order valence-electron chi connectivity index (χ3n) is 5.85. The number of carbonyl (C=O) groups excluding carboxylic acids is 2. The Labute approximate surface area is 153 Å². The number of carbonyl (C=O) groups is 2. The Morgan fingerprint density at radius 2 is 2.12 bits per heavy atom. The Kier molecular flexibility index (Phi) is 3.96. The zero-order valence-corrected chi connectivity index (χ0v) is 16.1. The van der Waals surface area contributed by atoms with E-state index in [1.807, 2.05) is 0 Å². The summed E-state index contributed by atoms with van der Waals surface area (Å²) in [5.41, 5.74) is 0.722. The van der Waals surface area contributed by atoms with Crippen LogP contribution in [0.25, 0.3) is 0 Å². The van der Waals surface area contributed by atoms with Crippen molar-refractivity contribution in [1.29, 1.82) is 0 Å². The van der Waals surface area contributed by atoms with Crippen molar-refractivity contribution in [2.45, 2.75) is 58.5 Å². The van der Waals surface area contributed by atoms with Crippen LogP contribution < -0.4 is 5.32 Å². The predicted molar refractivity (Wildman–Crippen MR) is 98.2 cm³/mol. The second-order valence-corrected chi connectivity index (χ2v) is 9.91. The Hall–Kier alpha value is -1.40. The first kappa shape index (κ1) is 17.0. The molecule has 1 spiro atoms. The van der Waals surface area contributed by atoms with Crippen LogP contribution in [0.1, 0.15) is 50.5 Å². The van der Waals surface area contributed by atoms with Gasteiger partial charge in [-0.15, -0.1) is 11.3 Å². The SMILES string of the molecule is CC1CC(C)(C)CC2(C1)NC(=O)N(CN1CCc3sccc3C1)C2=O. The Morgan fingerprint density at radius 3 is 2.88 bits per heavy atom.